The first-order chi connectivity index (χ1) is 10.3. The molecule has 1 aliphatic rings. The lowest BCUT2D eigenvalue weighted by Gasteiger charge is -2.22. The predicted molar refractivity (Wildman–Crippen MR) is 84.0 cm³/mol. The Bertz CT molecular complexity index is 648. The van der Waals surface area contributed by atoms with Crippen LogP contribution in [0.25, 0.3) is 10.8 Å². The molecule has 21 heavy (non-hydrogen) atoms. The van der Waals surface area contributed by atoms with Gasteiger partial charge < -0.3 is 15.2 Å². The zero-order valence-electron chi connectivity index (χ0n) is 12.0. The number of nitrogen functional groups attached to an aromatic ring is 1. The summed E-state index contributed by atoms with van der Waals surface area (Å²) in [5, 5.41) is 9.65. The molecule has 0 bridgehead atoms. The molecule has 0 aliphatic carbocycles. The molecule has 2 aromatic rings. The number of amidine groups is 1. The van der Waals surface area contributed by atoms with Crippen LogP contribution in [0.15, 0.2) is 36.4 Å². The van der Waals surface area contributed by atoms with Crippen molar-refractivity contribution in [1.29, 1.82) is 5.41 Å². The van der Waals surface area contributed by atoms with E-state index in [2.05, 4.69) is 0 Å². The number of fused-ring (bicyclic) bond motifs is 1. The summed E-state index contributed by atoms with van der Waals surface area (Å²) in [7, 11) is 0. The summed E-state index contributed by atoms with van der Waals surface area (Å²) in [4.78, 5) is 0. The van der Waals surface area contributed by atoms with Gasteiger partial charge in [-0.05, 0) is 36.3 Å². The quantitative estimate of drug-likeness (QED) is 0.670. The van der Waals surface area contributed by atoms with Gasteiger partial charge in [0.15, 0.2) is 0 Å². The summed E-state index contributed by atoms with van der Waals surface area (Å²) in [6, 6.07) is 11.7. The van der Waals surface area contributed by atoms with Gasteiger partial charge in [-0.2, -0.15) is 0 Å². The molecule has 0 radical (unpaired) electrons. The first kappa shape index (κ1) is 13.9. The number of hydrogen-bond donors (Lipinski definition) is 2. The van der Waals surface area contributed by atoms with Crippen LogP contribution in [0.3, 0.4) is 0 Å². The Balaban J connectivity index is 1.85. The van der Waals surface area contributed by atoms with E-state index in [-0.39, 0.29) is 5.84 Å². The molecular weight excluding hydrogens is 264 g/mol. The minimum Gasteiger partial charge on any atom is -0.493 e. The van der Waals surface area contributed by atoms with E-state index < -0.39 is 0 Å². The summed E-state index contributed by atoms with van der Waals surface area (Å²) in [6.07, 6.45) is 2.12. The second-order valence-electron chi connectivity index (χ2n) is 5.44. The predicted octanol–water partition coefficient (Wildman–Crippen LogP) is 2.93. The molecule has 2 aromatic carbocycles. The molecule has 4 nitrogen and oxygen atoms in total. The monoisotopic (exact) mass is 284 g/mol. The number of ether oxygens (including phenoxy) is 2. The average molecular weight is 284 g/mol. The molecule has 0 unspecified atom stereocenters. The average Bonchev–Trinajstić information content (AvgIpc) is 2.53. The van der Waals surface area contributed by atoms with E-state index >= 15 is 0 Å². The van der Waals surface area contributed by atoms with E-state index in [9.17, 15) is 0 Å². The molecule has 4 heteroatoms. The van der Waals surface area contributed by atoms with Crippen molar-refractivity contribution in [3.63, 3.8) is 0 Å². The van der Waals surface area contributed by atoms with Crippen molar-refractivity contribution in [2.45, 2.75) is 12.8 Å². The molecule has 110 valence electrons. The molecule has 1 saturated heterocycles. The lowest BCUT2D eigenvalue weighted by Crippen LogP contribution is -2.21. The van der Waals surface area contributed by atoms with Gasteiger partial charge in [-0.3, -0.25) is 5.41 Å². The van der Waals surface area contributed by atoms with E-state index in [1.165, 1.54) is 0 Å². The highest BCUT2D eigenvalue weighted by Gasteiger charge is 2.15. The lowest BCUT2D eigenvalue weighted by molar-refractivity contribution is 0.0500. The topological polar surface area (TPSA) is 68.3 Å². The van der Waals surface area contributed by atoms with E-state index in [4.69, 9.17) is 20.6 Å². The van der Waals surface area contributed by atoms with Gasteiger partial charge in [0, 0.05) is 24.2 Å². The van der Waals surface area contributed by atoms with E-state index in [1.807, 2.05) is 36.4 Å². The molecule has 3 N–H and O–H groups in total. The van der Waals surface area contributed by atoms with Gasteiger partial charge in [0.2, 0.25) is 0 Å². The van der Waals surface area contributed by atoms with Crippen molar-refractivity contribution in [1.82, 2.24) is 0 Å². The highest BCUT2D eigenvalue weighted by molar-refractivity contribution is 6.09. The SMILES string of the molecule is N=C(N)c1ccc(OCC2CCOCC2)c2ccccc12. The first-order valence-corrected chi connectivity index (χ1v) is 7.32. The van der Waals surface area contributed by atoms with Crippen LogP contribution in [0, 0.1) is 11.3 Å². The second-order valence-corrected chi connectivity index (χ2v) is 5.44. The zero-order valence-corrected chi connectivity index (χ0v) is 12.0. The van der Waals surface area contributed by atoms with Crippen LogP contribution in [0.5, 0.6) is 5.75 Å². The van der Waals surface area contributed by atoms with Gasteiger partial charge in [-0.15, -0.1) is 0 Å². The van der Waals surface area contributed by atoms with Crippen LogP contribution in [0.2, 0.25) is 0 Å². The van der Waals surface area contributed by atoms with Crippen molar-refractivity contribution < 1.29 is 9.47 Å². The third kappa shape index (κ3) is 3.00. The van der Waals surface area contributed by atoms with E-state index in [0.717, 1.165) is 48.1 Å². The number of nitrogens with one attached hydrogen (secondary N) is 1. The smallest absolute Gasteiger partial charge is 0.127 e. The van der Waals surface area contributed by atoms with Crippen LogP contribution in [-0.2, 0) is 4.74 Å². The van der Waals surface area contributed by atoms with E-state index in [0.29, 0.717) is 12.5 Å². The molecule has 1 aliphatic heterocycles. The van der Waals surface area contributed by atoms with Crippen LogP contribution in [0.1, 0.15) is 18.4 Å². The van der Waals surface area contributed by atoms with Gasteiger partial charge in [0.25, 0.3) is 0 Å². The summed E-state index contributed by atoms with van der Waals surface area (Å²) in [5.74, 6) is 1.51. The molecule has 1 fully saturated rings. The molecule has 1 heterocycles. The Morgan fingerprint density at radius 3 is 2.57 bits per heavy atom. The molecule has 0 saturated carbocycles. The lowest BCUT2D eigenvalue weighted by atomic mass is 10.0. The highest BCUT2D eigenvalue weighted by atomic mass is 16.5. The van der Waals surface area contributed by atoms with Crippen molar-refractivity contribution in [3.05, 3.63) is 42.0 Å². The largest absolute Gasteiger partial charge is 0.493 e. The van der Waals surface area contributed by atoms with Crippen molar-refractivity contribution in [2.75, 3.05) is 19.8 Å². The summed E-state index contributed by atoms with van der Waals surface area (Å²) >= 11 is 0. The van der Waals surface area contributed by atoms with Crippen molar-refractivity contribution in [3.8, 4) is 5.75 Å². The molecule has 0 aromatic heterocycles. The highest BCUT2D eigenvalue weighted by Crippen LogP contribution is 2.29. The van der Waals surface area contributed by atoms with Crippen LogP contribution in [0.4, 0.5) is 0 Å². The Morgan fingerprint density at radius 2 is 1.86 bits per heavy atom. The van der Waals surface area contributed by atoms with Gasteiger partial charge in [0.1, 0.15) is 11.6 Å². The zero-order chi connectivity index (χ0) is 14.7. The third-order valence-electron chi connectivity index (χ3n) is 3.99. The third-order valence-corrected chi connectivity index (χ3v) is 3.99. The summed E-state index contributed by atoms with van der Waals surface area (Å²) < 4.78 is 11.4. The normalized spacial score (nSPS) is 16.0. The fourth-order valence-electron chi connectivity index (χ4n) is 2.75. The Morgan fingerprint density at radius 1 is 1.14 bits per heavy atom. The van der Waals surface area contributed by atoms with Gasteiger partial charge in [-0.1, -0.05) is 24.3 Å². The minimum atomic E-state index is 0.0854. The van der Waals surface area contributed by atoms with Crippen molar-refractivity contribution in [2.24, 2.45) is 11.7 Å². The van der Waals surface area contributed by atoms with Crippen LogP contribution in [-0.4, -0.2) is 25.7 Å². The van der Waals surface area contributed by atoms with Gasteiger partial charge in [0.05, 0.1) is 6.61 Å². The summed E-state index contributed by atoms with van der Waals surface area (Å²) in [6.45, 7) is 2.38. The number of rotatable bonds is 4. The van der Waals surface area contributed by atoms with Crippen LogP contribution < -0.4 is 10.5 Å². The minimum absolute atomic E-state index is 0.0854. The maximum absolute atomic E-state index is 7.67. The van der Waals surface area contributed by atoms with Crippen molar-refractivity contribution >= 4 is 16.6 Å². The fraction of sp³-hybridized carbons (Fsp3) is 0.353. The second kappa shape index (κ2) is 6.14. The molecule has 0 atom stereocenters. The van der Waals surface area contributed by atoms with Gasteiger partial charge in [-0.25, -0.2) is 0 Å². The molecule has 3 rings (SSSR count). The Labute approximate surface area is 124 Å². The standard InChI is InChI=1S/C17H20N2O2/c18-17(19)15-5-6-16(14-4-2-1-3-13(14)15)21-11-12-7-9-20-10-8-12/h1-6,12H,7-11H2,(H3,18,19). The maximum atomic E-state index is 7.67. The van der Waals surface area contributed by atoms with E-state index in [1.54, 1.807) is 0 Å². The molecular formula is C17H20N2O2. The number of benzene rings is 2. The fourth-order valence-corrected chi connectivity index (χ4v) is 2.75. The maximum Gasteiger partial charge on any atom is 0.127 e. The summed E-state index contributed by atoms with van der Waals surface area (Å²) in [5.41, 5.74) is 6.40. The van der Waals surface area contributed by atoms with Gasteiger partial charge >= 0.3 is 0 Å². The number of nitrogens with two attached hydrogens (primary N) is 1. The Hall–Kier alpha value is -2.07. The molecule has 0 amide bonds. The first-order valence-electron chi connectivity index (χ1n) is 7.32. The molecule has 0 spiro atoms. The Kier molecular flexibility index (Phi) is 4.06. The van der Waals surface area contributed by atoms with Crippen LogP contribution >= 0.6 is 0 Å². The number of hydrogen-bond acceptors (Lipinski definition) is 3.